The van der Waals surface area contributed by atoms with E-state index in [4.69, 9.17) is 0 Å². The summed E-state index contributed by atoms with van der Waals surface area (Å²) in [5.74, 6) is 3.01. The van der Waals surface area contributed by atoms with E-state index in [1.807, 2.05) is 0 Å². The molecule has 1 heterocycles. The molecule has 0 aromatic rings. The molecule has 1 aliphatic heterocycles. The molecule has 2 aliphatic carbocycles. The van der Waals surface area contributed by atoms with Crippen molar-refractivity contribution in [3.8, 4) is 0 Å². The van der Waals surface area contributed by atoms with E-state index in [2.05, 4.69) is 27.8 Å². The molecule has 0 N–H and O–H groups in total. The minimum absolute atomic E-state index is 0.752. The third-order valence-electron chi connectivity index (χ3n) is 4.72. The van der Waals surface area contributed by atoms with Crippen molar-refractivity contribution in [1.29, 1.82) is 0 Å². The summed E-state index contributed by atoms with van der Waals surface area (Å²) in [6.45, 7) is 5.02. The zero-order chi connectivity index (χ0) is 9.71. The highest BCUT2D eigenvalue weighted by Gasteiger charge is 2.44. The molecule has 0 radical (unpaired) electrons. The molecule has 1 nitrogen and oxygen atoms in total. The minimum atomic E-state index is 0.752. The second-order valence-electron chi connectivity index (χ2n) is 5.69. The molecule has 2 heteroatoms. The van der Waals surface area contributed by atoms with Gasteiger partial charge in [-0.15, -0.1) is 0 Å². The van der Waals surface area contributed by atoms with Crippen molar-refractivity contribution in [2.75, 3.05) is 13.1 Å². The summed E-state index contributed by atoms with van der Waals surface area (Å²) in [4.78, 5) is 3.52. The average Bonchev–Trinajstić information content (AvgIpc) is 2.82. The molecular formula is C12H20BrN. The maximum absolute atomic E-state index is 3.80. The number of likely N-dealkylation sites (tertiary alicyclic amines) is 1. The molecule has 3 fully saturated rings. The lowest BCUT2D eigenvalue weighted by molar-refractivity contribution is 0.171. The maximum atomic E-state index is 3.80. The topological polar surface area (TPSA) is 3.24 Å². The van der Waals surface area contributed by atoms with E-state index in [9.17, 15) is 0 Å². The largest absolute Gasteiger partial charge is 0.299 e. The Hall–Kier alpha value is 0.440. The third kappa shape index (κ3) is 1.46. The summed E-state index contributed by atoms with van der Waals surface area (Å²) < 4.78 is 0. The predicted octanol–water partition coefficient (Wildman–Crippen LogP) is 2.89. The van der Waals surface area contributed by atoms with Crippen molar-refractivity contribution >= 4 is 15.9 Å². The second-order valence-corrected chi connectivity index (χ2v) is 6.87. The molecule has 5 unspecified atom stereocenters. The number of rotatable bonds is 1. The van der Waals surface area contributed by atoms with Gasteiger partial charge in [-0.05, 0) is 37.0 Å². The van der Waals surface area contributed by atoms with Crippen molar-refractivity contribution < 1.29 is 0 Å². The Morgan fingerprint density at radius 3 is 2.50 bits per heavy atom. The van der Waals surface area contributed by atoms with Crippen LogP contribution in [0.1, 0.15) is 32.6 Å². The first kappa shape index (κ1) is 9.65. The van der Waals surface area contributed by atoms with Gasteiger partial charge in [0.05, 0.1) is 0 Å². The van der Waals surface area contributed by atoms with Gasteiger partial charge in [0, 0.05) is 24.0 Å². The van der Waals surface area contributed by atoms with E-state index >= 15 is 0 Å². The van der Waals surface area contributed by atoms with Gasteiger partial charge in [-0.3, -0.25) is 4.90 Å². The Morgan fingerprint density at radius 2 is 2.00 bits per heavy atom. The first-order chi connectivity index (χ1) is 6.74. The van der Waals surface area contributed by atoms with Gasteiger partial charge in [-0.1, -0.05) is 29.3 Å². The molecule has 2 bridgehead atoms. The monoisotopic (exact) mass is 257 g/mol. The molecule has 3 rings (SSSR count). The number of hydrogen-bond donors (Lipinski definition) is 0. The van der Waals surface area contributed by atoms with Crippen LogP contribution in [-0.2, 0) is 0 Å². The quantitative estimate of drug-likeness (QED) is 0.654. The van der Waals surface area contributed by atoms with Crippen molar-refractivity contribution in [1.82, 2.24) is 4.90 Å². The van der Waals surface area contributed by atoms with Crippen molar-refractivity contribution in [3.63, 3.8) is 0 Å². The number of fused-ring (bicyclic) bond motifs is 2. The van der Waals surface area contributed by atoms with Crippen LogP contribution in [0, 0.1) is 17.8 Å². The van der Waals surface area contributed by atoms with Crippen molar-refractivity contribution in [2.24, 2.45) is 17.8 Å². The Morgan fingerprint density at radius 1 is 1.14 bits per heavy atom. The predicted molar refractivity (Wildman–Crippen MR) is 62.7 cm³/mol. The van der Waals surface area contributed by atoms with Gasteiger partial charge in [0.2, 0.25) is 0 Å². The molecule has 14 heavy (non-hydrogen) atoms. The smallest absolute Gasteiger partial charge is 0.0311 e. The number of halogens is 1. The highest BCUT2D eigenvalue weighted by molar-refractivity contribution is 9.09. The van der Waals surface area contributed by atoms with Gasteiger partial charge < -0.3 is 0 Å². The fraction of sp³-hybridized carbons (Fsp3) is 1.00. The van der Waals surface area contributed by atoms with Crippen LogP contribution < -0.4 is 0 Å². The SMILES string of the molecule is CC1CN(C2CC3CCC2C3)CC1Br. The molecule has 0 spiro atoms. The fourth-order valence-corrected chi connectivity index (χ4v) is 4.43. The second kappa shape index (κ2) is 3.48. The van der Waals surface area contributed by atoms with Gasteiger partial charge in [0.25, 0.3) is 0 Å². The van der Waals surface area contributed by atoms with Crippen LogP contribution in [0.25, 0.3) is 0 Å². The summed E-state index contributed by atoms with van der Waals surface area (Å²) in [5.41, 5.74) is 0. The molecule has 80 valence electrons. The standard InChI is InChI=1S/C12H20BrN/c1-8-6-14(7-11(8)13)12-5-9-2-3-10(12)4-9/h8-12H,2-7H2,1H3. The van der Waals surface area contributed by atoms with Crippen molar-refractivity contribution in [2.45, 2.75) is 43.5 Å². The van der Waals surface area contributed by atoms with E-state index in [1.165, 1.54) is 32.4 Å². The highest BCUT2D eigenvalue weighted by atomic mass is 79.9. The average molecular weight is 258 g/mol. The molecular weight excluding hydrogens is 238 g/mol. The van der Waals surface area contributed by atoms with Crippen LogP contribution >= 0.6 is 15.9 Å². The van der Waals surface area contributed by atoms with Crippen molar-refractivity contribution in [3.05, 3.63) is 0 Å². The normalized spacial score (nSPS) is 53.1. The van der Waals surface area contributed by atoms with Gasteiger partial charge in [0.1, 0.15) is 0 Å². The van der Waals surface area contributed by atoms with E-state index in [1.54, 1.807) is 6.42 Å². The fourth-order valence-electron chi connectivity index (χ4n) is 3.89. The van der Waals surface area contributed by atoms with E-state index in [0.29, 0.717) is 0 Å². The number of hydrogen-bond acceptors (Lipinski definition) is 1. The zero-order valence-corrected chi connectivity index (χ0v) is 10.5. The van der Waals surface area contributed by atoms with E-state index < -0.39 is 0 Å². The van der Waals surface area contributed by atoms with Crippen LogP contribution in [0.3, 0.4) is 0 Å². The van der Waals surface area contributed by atoms with Crippen LogP contribution in [0.2, 0.25) is 0 Å². The first-order valence-corrected chi connectivity index (χ1v) is 7.03. The summed E-state index contributed by atoms with van der Waals surface area (Å²) in [5, 5.41) is 0. The molecule has 3 aliphatic rings. The molecule has 0 aromatic heterocycles. The lowest BCUT2D eigenvalue weighted by atomic mass is 9.94. The molecule has 0 aromatic carbocycles. The van der Waals surface area contributed by atoms with E-state index in [-0.39, 0.29) is 0 Å². The number of nitrogens with zero attached hydrogens (tertiary/aromatic N) is 1. The highest BCUT2D eigenvalue weighted by Crippen LogP contribution is 2.47. The summed E-state index contributed by atoms with van der Waals surface area (Å²) in [6.07, 6.45) is 6.11. The molecule has 2 saturated carbocycles. The van der Waals surface area contributed by atoms with Gasteiger partial charge in [0.15, 0.2) is 0 Å². The summed E-state index contributed by atoms with van der Waals surface area (Å²) in [6, 6.07) is 0.957. The van der Waals surface area contributed by atoms with Crippen LogP contribution in [-0.4, -0.2) is 28.9 Å². The zero-order valence-electron chi connectivity index (χ0n) is 8.95. The lowest BCUT2D eigenvalue weighted by Gasteiger charge is -2.31. The third-order valence-corrected chi connectivity index (χ3v) is 5.91. The van der Waals surface area contributed by atoms with Crippen LogP contribution in [0.5, 0.6) is 0 Å². The molecule has 5 atom stereocenters. The Kier molecular flexibility index (Phi) is 2.40. The van der Waals surface area contributed by atoms with Crippen LogP contribution in [0.15, 0.2) is 0 Å². The van der Waals surface area contributed by atoms with Gasteiger partial charge in [-0.2, -0.15) is 0 Å². The molecule has 1 saturated heterocycles. The lowest BCUT2D eigenvalue weighted by Crippen LogP contribution is -2.37. The van der Waals surface area contributed by atoms with Gasteiger partial charge in [-0.25, -0.2) is 0 Å². The first-order valence-electron chi connectivity index (χ1n) is 6.12. The Bertz CT molecular complexity index is 220. The molecule has 0 amide bonds. The van der Waals surface area contributed by atoms with E-state index in [0.717, 1.165) is 28.6 Å². The summed E-state index contributed by atoms with van der Waals surface area (Å²) >= 11 is 3.80. The minimum Gasteiger partial charge on any atom is -0.299 e. The summed E-state index contributed by atoms with van der Waals surface area (Å²) in [7, 11) is 0. The number of alkyl halides is 1. The van der Waals surface area contributed by atoms with Crippen LogP contribution in [0.4, 0.5) is 0 Å². The Labute approximate surface area is 95.4 Å². The maximum Gasteiger partial charge on any atom is 0.0311 e. The Balaban J connectivity index is 1.67. The van der Waals surface area contributed by atoms with Gasteiger partial charge >= 0.3 is 0 Å².